The second-order valence-electron chi connectivity index (χ2n) is 1.01. The third kappa shape index (κ3) is 4.29. The zero-order valence-corrected chi connectivity index (χ0v) is 6.36. The molecular weight excluding hydrogens is 124 g/mol. The van der Waals surface area contributed by atoms with E-state index < -0.39 is 0 Å². The summed E-state index contributed by atoms with van der Waals surface area (Å²) in [7, 11) is 0. The molecule has 0 nitrogen and oxygen atoms in total. The smallest absolute Gasteiger partial charge is 0.0325 e. The van der Waals surface area contributed by atoms with Gasteiger partial charge in [0.25, 0.3) is 0 Å². The van der Waals surface area contributed by atoms with E-state index in [2.05, 4.69) is 13.5 Å². The molecule has 0 aliphatic heterocycles. The van der Waals surface area contributed by atoms with E-state index in [9.17, 15) is 0 Å². The van der Waals surface area contributed by atoms with E-state index in [0.29, 0.717) is 0 Å². The number of thioether (sulfide) groups is 2. The molecule has 0 saturated carbocycles. The van der Waals surface area contributed by atoms with Crippen molar-refractivity contribution in [1.82, 2.24) is 0 Å². The number of hydrogen-bond donors (Lipinski definition) is 0. The zero-order valence-electron chi connectivity index (χ0n) is 4.73. The van der Waals surface area contributed by atoms with Gasteiger partial charge in [0.2, 0.25) is 0 Å². The van der Waals surface area contributed by atoms with Crippen molar-refractivity contribution in [3.63, 3.8) is 0 Å². The minimum atomic E-state index is 1.14. The largest absolute Gasteiger partial charge is 0.123 e. The molecule has 0 spiro atoms. The fourth-order valence-electron chi connectivity index (χ4n) is 0.220. The van der Waals surface area contributed by atoms with Crippen LogP contribution >= 0.6 is 23.5 Å². The van der Waals surface area contributed by atoms with Crippen molar-refractivity contribution >= 4 is 23.5 Å². The fraction of sp³-hybridized carbons (Fsp3) is 0.600. The van der Waals surface area contributed by atoms with E-state index in [1.807, 2.05) is 6.26 Å². The van der Waals surface area contributed by atoms with Gasteiger partial charge in [0.05, 0.1) is 0 Å². The first kappa shape index (κ1) is 7.44. The first-order chi connectivity index (χ1) is 3.31. The Labute approximate surface area is 53.8 Å². The second kappa shape index (κ2) is 4.60. The van der Waals surface area contributed by atoms with E-state index in [1.54, 1.807) is 23.5 Å². The van der Waals surface area contributed by atoms with Crippen LogP contribution in [0.2, 0.25) is 0 Å². The van der Waals surface area contributed by atoms with Gasteiger partial charge in [-0.05, 0) is 12.0 Å². The summed E-state index contributed by atoms with van der Waals surface area (Å²) in [6.45, 7) is 5.92. The van der Waals surface area contributed by atoms with Crippen molar-refractivity contribution in [1.29, 1.82) is 0 Å². The molecule has 0 unspecified atom stereocenters. The molecule has 0 saturated heterocycles. The third-order valence-corrected chi connectivity index (χ3v) is 2.45. The molecule has 0 aromatic rings. The first-order valence-electron chi connectivity index (χ1n) is 2.17. The Morgan fingerprint density at radius 1 is 1.71 bits per heavy atom. The van der Waals surface area contributed by atoms with Gasteiger partial charge in [0.1, 0.15) is 0 Å². The molecule has 0 bridgehead atoms. The molecule has 0 fully saturated rings. The van der Waals surface area contributed by atoms with Crippen LogP contribution in [0.3, 0.4) is 0 Å². The number of hydrogen-bond acceptors (Lipinski definition) is 2. The standard InChI is InChI=1S/C5H10S2/c1-4-7-5(2)6-3/h2,4H2,1,3H3. The molecule has 0 aliphatic carbocycles. The molecule has 7 heavy (non-hydrogen) atoms. The van der Waals surface area contributed by atoms with Crippen LogP contribution in [0.25, 0.3) is 0 Å². The quantitative estimate of drug-likeness (QED) is 0.582. The summed E-state index contributed by atoms with van der Waals surface area (Å²) in [4.78, 5) is 0. The normalized spacial score (nSPS) is 8.86. The lowest BCUT2D eigenvalue weighted by Gasteiger charge is -1.93. The van der Waals surface area contributed by atoms with E-state index in [4.69, 9.17) is 0 Å². The van der Waals surface area contributed by atoms with Crippen LogP contribution in [-0.2, 0) is 0 Å². The average molecular weight is 134 g/mol. The minimum absolute atomic E-state index is 1.14. The maximum absolute atomic E-state index is 3.79. The summed E-state index contributed by atoms with van der Waals surface area (Å²) < 4.78 is 1.21. The van der Waals surface area contributed by atoms with Crippen molar-refractivity contribution in [3.05, 3.63) is 10.8 Å². The average Bonchev–Trinajstić information content (AvgIpc) is 1.68. The van der Waals surface area contributed by atoms with Crippen molar-refractivity contribution in [2.24, 2.45) is 0 Å². The molecular formula is C5H10S2. The molecule has 0 aromatic carbocycles. The summed E-state index contributed by atoms with van der Waals surface area (Å²) in [5.41, 5.74) is 0. The highest BCUT2D eigenvalue weighted by atomic mass is 32.2. The van der Waals surface area contributed by atoms with Crippen molar-refractivity contribution < 1.29 is 0 Å². The minimum Gasteiger partial charge on any atom is -0.123 e. The Hall–Kier alpha value is 0.440. The van der Waals surface area contributed by atoms with Gasteiger partial charge in [0, 0.05) is 4.24 Å². The summed E-state index contributed by atoms with van der Waals surface area (Å²) in [6.07, 6.45) is 2.05. The molecule has 2 heteroatoms. The Balaban J connectivity index is 3.00. The van der Waals surface area contributed by atoms with Gasteiger partial charge in [-0.3, -0.25) is 0 Å². The third-order valence-electron chi connectivity index (χ3n) is 0.533. The highest BCUT2D eigenvalue weighted by Crippen LogP contribution is 2.22. The summed E-state index contributed by atoms with van der Waals surface area (Å²) in [6, 6.07) is 0. The lowest BCUT2D eigenvalue weighted by molar-refractivity contribution is 1.54. The Kier molecular flexibility index (Phi) is 4.88. The van der Waals surface area contributed by atoms with E-state index in [0.717, 1.165) is 5.75 Å². The van der Waals surface area contributed by atoms with Gasteiger partial charge >= 0.3 is 0 Å². The monoisotopic (exact) mass is 134 g/mol. The SMILES string of the molecule is C=C(SC)SCC. The van der Waals surface area contributed by atoms with Crippen molar-refractivity contribution in [2.45, 2.75) is 6.92 Å². The van der Waals surface area contributed by atoms with Crippen molar-refractivity contribution in [3.8, 4) is 0 Å². The second-order valence-corrected chi connectivity index (χ2v) is 3.53. The predicted octanol–water partition coefficient (Wildman–Crippen LogP) is 2.57. The lowest BCUT2D eigenvalue weighted by atomic mass is 11.0. The van der Waals surface area contributed by atoms with Crippen LogP contribution in [0.15, 0.2) is 10.8 Å². The summed E-state index contributed by atoms with van der Waals surface area (Å²) >= 11 is 3.52. The van der Waals surface area contributed by atoms with Crippen LogP contribution in [0.1, 0.15) is 6.92 Å². The van der Waals surface area contributed by atoms with E-state index in [-0.39, 0.29) is 0 Å². The molecule has 0 heterocycles. The van der Waals surface area contributed by atoms with Crippen LogP contribution < -0.4 is 0 Å². The van der Waals surface area contributed by atoms with Gasteiger partial charge in [-0.15, -0.1) is 23.5 Å². The highest BCUT2D eigenvalue weighted by Gasteiger charge is 1.84. The van der Waals surface area contributed by atoms with Crippen molar-refractivity contribution in [2.75, 3.05) is 12.0 Å². The fourth-order valence-corrected chi connectivity index (χ4v) is 1.37. The Morgan fingerprint density at radius 2 is 2.29 bits per heavy atom. The van der Waals surface area contributed by atoms with E-state index in [1.165, 1.54) is 4.24 Å². The van der Waals surface area contributed by atoms with Gasteiger partial charge in [-0.25, -0.2) is 0 Å². The molecule has 0 aromatic heterocycles. The van der Waals surface area contributed by atoms with Gasteiger partial charge < -0.3 is 0 Å². The molecule has 0 aliphatic rings. The zero-order chi connectivity index (χ0) is 5.70. The predicted molar refractivity (Wildman–Crippen MR) is 40.8 cm³/mol. The molecule has 0 N–H and O–H groups in total. The topological polar surface area (TPSA) is 0 Å². The maximum atomic E-state index is 3.79. The summed E-state index contributed by atoms with van der Waals surface area (Å²) in [5.74, 6) is 1.14. The van der Waals surface area contributed by atoms with Crippen LogP contribution in [-0.4, -0.2) is 12.0 Å². The summed E-state index contributed by atoms with van der Waals surface area (Å²) in [5, 5.41) is 0. The van der Waals surface area contributed by atoms with Crippen LogP contribution in [0.4, 0.5) is 0 Å². The molecule has 0 rings (SSSR count). The van der Waals surface area contributed by atoms with E-state index >= 15 is 0 Å². The van der Waals surface area contributed by atoms with Gasteiger partial charge in [-0.1, -0.05) is 13.5 Å². The maximum Gasteiger partial charge on any atom is 0.0325 e. The highest BCUT2D eigenvalue weighted by molar-refractivity contribution is 8.21. The van der Waals surface area contributed by atoms with Gasteiger partial charge in [-0.2, -0.15) is 0 Å². The van der Waals surface area contributed by atoms with Crippen LogP contribution in [0.5, 0.6) is 0 Å². The molecule has 0 radical (unpaired) electrons. The number of rotatable bonds is 3. The Morgan fingerprint density at radius 3 is 2.43 bits per heavy atom. The Bertz CT molecular complexity index is 59.1. The first-order valence-corrected chi connectivity index (χ1v) is 4.38. The molecule has 0 amide bonds. The lowest BCUT2D eigenvalue weighted by Crippen LogP contribution is -1.63. The van der Waals surface area contributed by atoms with Crippen LogP contribution in [0, 0.1) is 0 Å². The van der Waals surface area contributed by atoms with Gasteiger partial charge in [0.15, 0.2) is 0 Å². The molecule has 0 atom stereocenters. The molecule has 42 valence electrons.